The van der Waals surface area contributed by atoms with Crippen LogP contribution in [0, 0.1) is 17.1 Å². The zero-order chi connectivity index (χ0) is 15.1. The van der Waals surface area contributed by atoms with Crippen molar-refractivity contribution in [1.82, 2.24) is 9.88 Å². The maximum absolute atomic E-state index is 14.0. The maximum Gasteiger partial charge on any atom is 0.150 e. The zero-order valence-electron chi connectivity index (χ0n) is 11.7. The fourth-order valence-corrected chi connectivity index (χ4v) is 2.13. The van der Waals surface area contributed by atoms with Crippen molar-refractivity contribution in [3.05, 3.63) is 59.7 Å². The molecule has 0 spiro atoms. The van der Waals surface area contributed by atoms with Gasteiger partial charge < -0.3 is 5.73 Å². The Labute approximate surface area is 123 Å². The Morgan fingerprint density at radius 1 is 1.24 bits per heavy atom. The van der Waals surface area contributed by atoms with Crippen LogP contribution < -0.4 is 5.73 Å². The highest BCUT2D eigenvalue weighted by Gasteiger charge is 2.11. The summed E-state index contributed by atoms with van der Waals surface area (Å²) in [7, 11) is 0. The molecule has 0 saturated heterocycles. The second kappa shape index (κ2) is 7.36. The Hall–Kier alpha value is -2.45. The number of halogens is 1. The van der Waals surface area contributed by atoms with Gasteiger partial charge in [0.05, 0.1) is 11.8 Å². The van der Waals surface area contributed by atoms with E-state index in [9.17, 15) is 4.39 Å². The predicted molar refractivity (Wildman–Crippen MR) is 79.4 cm³/mol. The molecule has 108 valence electrons. The second-order valence-electron chi connectivity index (χ2n) is 4.80. The molecule has 1 heterocycles. The van der Waals surface area contributed by atoms with Crippen molar-refractivity contribution in [2.75, 3.05) is 12.3 Å². The fourth-order valence-electron chi connectivity index (χ4n) is 2.13. The lowest BCUT2D eigenvalue weighted by molar-refractivity contribution is 0.259. The van der Waals surface area contributed by atoms with Gasteiger partial charge in [-0.1, -0.05) is 18.2 Å². The van der Waals surface area contributed by atoms with Gasteiger partial charge in [0, 0.05) is 44.0 Å². The average Bonchev–Trinajstić information content (AvgIpc) is 2.50. The Balaban J connectivity index is 2.12. The van der Waals surface area contributed by atoms with Crippen LogP contribution in [0.4, 0.5) is 10.1 Å². The van der Waals surface area contributed by atoms with Crippen LogP contribution in [0.3, 0.4) is 0 Å². The van der Waals surface area contributed by atoms with Crippen molar-refractivity contribution in [3.8, 4) is 6.07 Å². The SMILES string of the molecule is N#CCCN(Cc1cccnc1)Cc1cccc(N)c1F. The number of nitrogens with zero attached hydrogens (tertiary/aromatic N) is 3. The van der Waals surface area contributed by atoms with E-state index in [1.165, 1.54) is 0 Å². The number of hydrogen-bond donors (Lipinski definition) is 1. The van der Waals surface area contributed by atoms with Crippen LogP contribution in [-0.2, 0) is 13.1 Å². The lowest BCUT2D eigenvalue weighted by Gasteiger charge is -2.21. The van der Waals surface area contributed by atoms with Crippen LogP contribution in [0.5, 0.6) is 0 Å². The van der Waals surface area contributed by atoms with Crippen molar-refractivity contribution in [3.63, 3.8) is 0 Å². The first-order valence-corrected chi connectivity index (χ1v) is 6.72. The second-order valence-corrected chi connectivity index (χ2v) is 4.80. The minimum Gasteiger partial charge on any atom is -0.396 e. The topological polar surface area (TPSA) is 65.9 Å². The minimum absolute atomic E-state index is 0.147. The van der Waals surface area contributed by atoms with Gasteiger partial charge in [0.25, 0.3) is 0 Å². The third-order valence-corrected chi connectivity index (χ3v) is 3.17. The number of anilines is 1. The summed E-state index contributed by atoms with van der Waals surface area (Å²) in [4.78, 5) is 6.08. The molecule has 2 rings (SSSR count). The van der Waals surface area contributed by atoms with Gasteiger partial charge in [-0.25, -0.2) is 4.39 Å². The monoisotopic (exact) mass is 284 g/mol. The first-order valence-electron chi connectivity index (χ1n) is 6.72. The number of nitrogen functional groups attached to an aromatic ring is 1. The number of nitriles is 1. The molecular weight excluding hydrogens is 267 g/mol. The Kier molecular flexibility index (Phi) is 5.24. The summed E-state index contributed by atoms with van der Waals surface area (Å²) in [6, 6.07) is 10.9. The van der Waals surface area contributed by atoms with Crippen LogP contribution in [0.2, 0.25) is 0 Å². The Morgan fingerprint density at radius 3 is 2.81 bits per heavy atom. The lowest BCUT2D eigenvalue weighted by atomic mass is 10.1. The molecule has 1 aromatic heterocycles. The molecule has 4 nitrogen and oxygen atoms in total. The summed E-state index contributed by atoms with van der Waals surface area (Å²) in [6.07, 6.45) is 3.87. The largest absolute Gasteiger partial charge is 0.396 e. The lowest BCUT2D eigenvalue weighted by Crippen LogP contribution is -2.24. The third-order valence-electron chi connectivity index (χ3n) is 3.17. The third kappa shape index (κ3) is 4.26. The quantitative estimate of drug-likeness (QED) is 0.828. The molecule has 1 aromatic carbocycles. The van der Waals surface area contributed by atoms with Crippen molar-refractivity contribution < 1.29 is 4.39 Å². The van der Waals surface area contributed by atoms with E-state index in [0.717, 1.165) is 5.56 Å². The maximum atomic E-state index is 14.0. The van der Waals surface area contributed by atoms with Gasteiger partial charge >= 0.3 is 0 Å². The number of rotatable bonds is 6. The van der Waals surface area contributed by atoms with Crippen molar-refractivity contribution >= 4 is 5.69 Å². The van der Waals surface area contributed by atoms with E-state index in [1.807, 2.05) is 17.0 Å². The molecule has 0 saturated carbocycles. The smallest absolute Gasteiger partial charge is 0.150 e. The first-order chi connectivity index (χ1) is 10.2. The normalized spacial score (nSPS) is 10.5. The van der Waals surface area contributed by atoms with E-state index in [1.54, 1.807) is 30.6 Å². The molecular formula is C16H17FN4. The molecule has 0 bridgehead atoms. The molecule has 0 aliphatic heterocycles. The van der Waals surface area contributed by atoms with Crippen molar-refractivity contribution in [2.24, 2.45) is 0 Å². The minimum atomic E-state index is -0.384. The van der Waals surface area contributed by atoms with Gasteiger partial charge in [-0.2, -0.15) is 5.26 Å². The number of hydrogen-bond acceptors (Lipinski definition) is 4. The molecule has 21 heavy (non-hydrogen) atoms. The molecule has 0 aliphatic rings. The summed E-state index contributed by atoms with van der Waals surface area (Å²) < 4.78 is 14.0. The summed E-state index contributed by atoms with van der Waals surface area (Å²) in [5.74, 6) is -0.384. The summed E-state index contributed by atoms with van der Waals surface area (Å²) in [5, 5.41) is 8.76. The molecule has 2 aromatic rings. The predicted octanol–water partition coefficient (Wildman–Crippen LogP) is 2.72. The highest BCUT2D eigenvalue weighted by atomic mass is 19.1. The van der Waals surface area contributed by atoms with Gasteiger partial charge in [-0.05, 0) is 17.7 Å². The number of aromatic nitrogens is 1. The number of pyridine rings is 1. The number of nitrogens with two attached hydrogens (primary N) is 1. The van der Waals surface area contributed by atoms with E-state index in [0.29, 0.717) is 31.6 Å². The van der Waals surface area contributed by atoms with Gasteiger partial charge in [0.1, 0.15) is 0 Å². The highest BCUT2D eigenvalue weighted by molar-refractivity contribution is 5.42. The van der Waals surface area contributed by atoms with E-state index in [2.05, 4.69) is 11.1 Å². The molecule has 0 aliphatic carbocycles. The van der Waals surface area contributed by atoms with E-state index in [-0.39, 0.29) is 11.5 Å². The van der Waals surface area contributed by atoms with Gasteiger partial charge in [-0.15, -0.1) is 0 Å². The van der Waals surface area contributed by atoms with E-state index >= 15 is 0 Å². The molecule has 0 fully saturated rings. The van der Waals surface area contributed by atoms with Crippen LogP contribution in [-0.4, -0.2) is 16.4 Å². The van der Waals surface area contributed by atoms with E-state index < -0.39 is 0 Å². The molecule has 5 heteroatoms. The van der Waals surface area contributed by atoms with Crippen LogP contribution in [0.15, 0.2) is 42.7 Å². The standard InChI is InChI=1S/C16H17FN4/c17-16-14(5-1-6-15(16)19)12-21(9-3-7-18)11-13-4-2-8-20-10-13/h1-2,4-6,8,10H,3,9,11-12,19H2. The van der Waals surface area contributed by atoms with Crippen LogP contribution in [0.1, 0.15) is 17.5 Å². The van der Waals surface area contributed by atoms with Crippen molar-refractivity contribution in [2.45, 2.75) is 19.5 Å². The van der Waals surface area contributed by atoms with Gasteiger partial charge in [0.15, 0.2) is 5.82 Å². The Morgan fingerprint density at radius 2 is 2.10 bits per heavy atom. The molecule has 0 unspecified atom stereocenters. The molecule has 0 amide bonds. The van der Waals surface area contributed by atoms with Crippen LogP contribution >= 0.6 is 0 Å². The average molecular weight is 284 g/mol. The van der Waals surface area contributed by atoms with Crippen molar-refractivity contribution in [1.29, 1.82) is 5.26 Å². The molecule has 0 radical (unpaired) electrons. The fraction of sp³-hybridized carbons (Fsp3) is 0.250. The van der Waals surface area contributed by atoms with E-state index in [4.69, 9.17) is 11.0 Å². The molecule has 2 N–H and O–H groups in total. The molecule has 0 atom stereocenters. The van der Waals surface area contributed by atoms with Crippen LogP contribution in [0.25, 0.3) is 0 Å². The highest BCUT2D eigenvalue weighted by Crippen LogP contribution is 2.17. The van der Waals surface area contributed by atoms with Gasteiger partial charge in [0.2, 0.25) is 0 Å². The summed E-state index contributed by atoms with van der Waals surface area (Å²) >= 11 is 0. The summed E-state index contributed by atoms with van der Waals surface area (Å²) in [6.45, 7) is 1.59. The Bertz CT molecular complexity index is 622. The summed E-state index contributed by atoms with van der Waals surface area (Å²) in [5.41, 5.74) is 7.31. The number of benzene rings is 1. The zero-order valence-corrected chi connectivity index (χ0v) is 11.7. The van der Waals surface area contributed by atoms with Gasteiger partial charge in [-0.3, -0.25) is 9.88 Å². The first kappa shape index (κ1) is 14.9.